The van der Waals surface area contributed by atoms with Crippen molar-refractivity contribution in [2.45, 2.75) is 12.8 Å². The maximum atomic E-state index is 13.1. The van der Waals surface area contributed by atoms with Crippen LogP contribution in [0.5, 0.6) is 0 Å². The van der Waals surface area contributed by atoms with E-state index in [2.05, 4.69) is 9.98 Å². The largest absolute Gasteiger partial charge is 0.457 e. The molecule has 1 aliphatic rings. The number of rotatable bonds is 3. The Kier molecular flexibility index (Phi) is 4.25. The molecule has 0 aliphatic carbocycles. The van der Waals surface area contributed by atoms with Crippen molar-refractivity contribution in [1.29, 1.82) is 0 Å². The Bertz CT molecular complexity index is 924. The Hall–Kier alpha value is -3.01. The van der Waals surface area contributed by atoms with Gasteiger partial charge in [0.1, 0.15) is 17.3 Å². The van der Waals surface area contributed by atoms with Crippen molar-refractivity contribution in [2.24, 2.45) is 4.99 Å². The summed E-state index contributed by atoms with van der Waals surface area (Å²) < 4.78 is 19.0. The smallest absolute Gasteiger partial charge is 0.134 e. The highest BCUT2D eigenvalue weighted by molar-refractivity contribution is 6.15. The van der Waals surface area contributed by atoms with Gasteiger partial charge in [-0.1, -0.05) is 0 Å². The van der Waals surface area contributed by atoms with Gasteiger partial charge in [-0.05, 0) is 73.0 Å². The molecule has 0 saturated carbocycles. The van der Waals surface area contributed by atoms with Gasteiger partial charge in [-0.3, -0.25) is 9.98 Å². The summed E-state index contributed by atoms with van der Waals surface area (Å²) in [5, 5.41) is 0. The molecule has 0 N–H and O–H groups in total. The number of benzene rings is 1. The molecule has 3 nitrogen and oxygen atoms in total. The number of furan rings is 1. The summed E-state index contributed by atoms with van der Waals surface area (Å²) in [6.07, 6.45) is 7.63. The third-order valence-corrected chi connectivity index (χ3v) is 4.19. The standard InChI is InChI=1S/C21H17FN2O/c22-18-7-5-15(6-8-18)20-10-9-19(25-20)13-16-3-2-12-24-21(16)17-4-1-11-23-14-17/h1,4-11,13-14H,2-3,12H2/b16-13-. The molecule has 25 heavy (non-hydrogen) atoms. The van der Waals surface area contributed by atoms with Gasteiger partial charge in [0.2, 0.25) is 0 Å². The highest BCUT2D eigenvalue weighted by atomic mass is 19.1. The second kappa shape index (κ2) is 6.85. The van der Waals surface area contributed by atoms with E-state index in [1.807, 2.05) is 36.5 Å². The first kappa shape index (κ1) is 15.5. The summed E-state index contributed by atoms with van der Waals surface area (Å²) in [7, 11) is 0. The number of aliphatic imine (C=N–C) groups is 1. The maximum absolute atomic E-state index is 13.1. The van der Waals surface area contributed by atoms with Gasteiger partial charge in [0.05, 0.1) is 5.71 Å². The average molecular weight is 332 g/mol. The van der Waals surface area contributed by atoms with E-state index >= 15 is 0 Å². The van der Waals surface area contributed by atoms with Gasteiger partial charge in [0.15, 0.2) is 0 Å². The lowest BCUT2D eigenvalue weighted by Gasteiger charge is -2.15. The van der Waals surface area contributed by atoms with Crippen LogP contribution < -0.4 is 0 Å². The molecule has 0 amide bonds. The van der Waals surface area contributed by atoms with Gasteiger partial charge in [-0.15, -0.1) is 0 Å². The van der Waals surface area contributed by atoms with Gasteiger partial charge in [0.25, 0.3) is 0 Å². The highest BCUT2D eigenvalue weighted by Gasteiger charge is 2.15. The van der Waals surface area contributed by atoms with Gasteiger partial charge in [0, 0.05) is 30.1 Å². The number of hydrogen-bond donors (Lipinski definition) is 0. The van der Waals surface area contributed by atoms with E-state index in [9.17, 15) is 4.39 Å². The first-order valence-electron chi connectivity index (χ1n) is 8.31. The predicted molar refractivity (Wildman–Crippen MR) is 97.0 cm³/mol. The summed E-state index contributed by atoms with van der Waals surface area (Å²) in [5.41, 5.74) is 4.02. The van der Waals surface area contributed by atoms with Crippen LogP contribution in [0, 0.1) is 5.82 Å². The second-order valence-corrected chi connectivity index (χ2v) is 5.95. The summed E-state index contributed by atoms with van der Waals surface area (Å²) in [6, 6.07) is 14.1. The lowest BCUT2D eigenvalue weighted by Crippen LogP contribution is -2.11. The van der Waals surface area contributed by atoms with Gasteiger partial charge in [-0.2, -0.15) is 0 Å². The van der Waals surface area contributed by atoms with Crippen molar-refractivity contribution < 1.29 is 8.81 Å². The zero-order valence-corrected chi connectivity index (χ0v) is 13.7. The molecule has 1 aliphatic heterocycles. The molecule has 0 fully saturated rings. The monoisotopic (exact) mass is 332 g/mol. The van der Waals surface area contributed by atoms with Crippen molar-refractivity contribution in [1.82, 2.24) is 4.98 Å². The molecule has 1 aromatic carbocycles. The number of pyridine rings is 1. The van der Waals surface area contributed by atoms with Crippen molar-refractivity contribution in [2.75, 3.05) is 6.54 Å². The fourth-order valence-corrected chi connectivity index (χ4v) is 2.97. The minimum atomic E-state index is -0.253. The molecule has 0 bridgehead atoms. The van der Waals surface area contributed by atoms with Crippen LogP contribution in [0.2, 0.25) is 0 Å². The number of halogens is 1. The Balaban J connectivity index is 1.65. The zero-order chi connectivity index (χ0) is 17.1. The number of nitrogens with zero attached hydrogens (tertiary/aromatic N) is 2. The van der Waals surface area contributed by atoms with Crippen molar-refractivity contribution in [3.8, 4) is 11.3 Å². The summed E-state index contributed by atoms with van der Waals surface area (Å²) in [5.74, 6) is 1.24. The summed E-state index contributed by atoms with van der Waals surface area (Å²) >= 11 is 0. The first-order chi connectivity index (χ1) is 12.3. The van der Waals surface area contributed by atoms with Crippen molar-refractivity contribution in [3.63, 3.8) is 0 Å². The second-order valence-electron chi connectivity index (χ2n) is 5.95. The summed E-state index contributed by atoms with van der Waals surface area (Å²) in [6.45, 7) is 0.834. The van der Waals surface area contributed by atoms with Crippen molar-refractivity contribution in [3.05, 3.63) is 83.6 Å². The molecule has 0 saturated heterocycles. The van der Waals surface area contributed by atoms with Gasteiger partial charge in [-0.25, -0.2) is 4.39 Å². The summed E-state index contributed by atoms with van der Waals surface area (Å²) in [4.78, 5) is 8.87. The number of allylic oxidation sites excluding steroid dienone is 1. The molecule has 4 heteroatoms. The van der Waals surface area contributed by atoms with Crippen LogP contribution in [0.4, 0.5) is 4.39 Å². The molecule has 3 aromatic rings. The topological polar surface area (TPSA) is 38.4 Å². The Morgan fingerprint density at radius 2 is 1.88 bits per heavy atom. The van der Waals surface area contributed by atoms with Crippen LogP contribution in [0.15, 0.2) is 75.9 Å². The minimum absolute atomic E-state index is 0.253. The number of aromatic nitrogens is 1. The quantitative estimate of drug-likeness (QED) is 0.665. The first-order valence-corrected chi connectivity index (χ1v) is 8.31. The van der Waals surface area contributed by atoms with Crippen LogP contribution in [-0.4, -0.2) is 17.2 Å². The predicted octanol–water partition coefficient (Wildman–Crippen LogP) is 5.15. The number of hydrogen-bond acceptors (Lipinski definition) is 3. The molecule has 4 rings (SSSR count). The third-order valence-electron chi connectivity index (χ3n) is 4.19. The van der Waals surface area contributed by atoms with E-state index < -0.39 is 0 Å². The Morgan fingerprint density at radius 1 is 1.00 bits per heavy atom. The fraction of sp³-hybridized carbons (Fsp3) is 0.143. The van der Waals surface area contributed by atoms with Crippen LogP contribution in [0.1, 0.15) is 24.2 Å². The van der Waals surface area contributed by atoms with Crippen LogP contribution in [-0.2, 0) is 0 Å². The van der Waals surface area contributed by atoms with Crippen molar-refractivity contribution >= 4 is 11.8 Å². The van der Waals surface area contributed by atoms with Crippen LogP contribution in [0.25, 0.3) is 17.4 Å². The van der Waals surface area contributed by atoms with Gasteiger partial charge >= 0.3 is 0 Å². The lowest BCUT2D eigenvalue weighted by atomic mass is 9.96. The molecule has 0 spiro atoms. The van der Waals surface area contributed by atoms with E-state index in [1.165, 1.54) is 12.1 Å². The third kappa shape index (κ3) is 3.43. The lowest BCUT2D eigenvalue weighted by molar-refractivity contribution is 0.570. The molecule has 0 unspecified atom stereocenters. The van der Waals surface area contributed by atoms with E-state index in [0.717, 1.165) is 53.3 Å². The highest BCUT2D eigenvalue weighted by Crippen LogP contribution is 2.26. The van der Waals surface area contributed by atoms with Gasteiger partial charge < -0.3 is 4.42 Å². The van der Waals surface area contributed by atoms with Crippen LogP contribution >= 0.6 is 0 Å². The molecular weight excluding hydrogens is 315 g/mol. The Labute approximate surface area is 145 Å². The molecular formula is C21H17FN2O. The molecule has 124 valence electrons. The van der Waals surface area contributed by atoms with E-state index in [1.54, 1.807) is 18.3 Å². The molecule has 0 atom stereocenters. The molecule has 0 radical (unpaired) electrons. The molecule has 2 aromatic heterocycles. The van der Waals surface area contributed by atoms with Crippen LogP contribution in [0.3, 0.4) is 0 Å². The van der Waals surface area contributed by atoms with E-state index in [0.29, 0.717) is 0 Å². The maximum Gasteiger partial charge on any atom is 0.134 e. The average Bonchev–Trinajstić information content (AvgIpc) is 3.12. The zero-order valence-electron chi connectivity index (χ0n) is 13.7. The minimum Gasteiger partial charge on any atom is -0.457 e. The Morgan fingerprint density at radius 3 is 2.68 bits per heavy atom. The van der Waals surface area contributed by atoms with E-state index in [-0.39, 0.29) is 5.82 Å². The SMILES string of the molecule is Fc1ccc(-c2ccc(/C=C3/CCCN=C3c3cccnc3)o2)cc1. The normalized spacial score (nSPS) is 16.0. The van der Waals surface area contributed by atoms with E-state index in [4.69, 9.17) is 4.42 Å². The molecule has 3 heterocycles. The fourth-order valence-electron chi connectivity index (χ4n) is 2.97.